The second-order valence-electron chi connectivity index (χ2n) is 7.10. The molecule has 0 N–H and O–H groups in total. The summed E-state index contributed by atoms with van der Waals surface area (Å²) in [7, 11) is -0.387. The quantitative estimate of drug-likeness (QED) is 0.544. The van der Waals surface area contributed by atoms with Gasteiger partial charge in [-0.05, 0) is 61.0 Å². The fraction of sp³-hybridized carbons (Fsp3) is 0.409. The standard InChI is InChI=1S/C22H24BNO5/c1-24-18-6-8-19(9-7-18)29-20-10-11-21(23-27-13-4-14-28-23)17(15-20)16-26-22-5-2-3-12-25-22/h6-11,15,22H,2-5,12-14,16H2. The van der Waals surface area contributed by atoms with E-state index >= 15 is 0 Å². The Balaban J connectivity index is 1.51. The monoisotopic (exact) mass is 393 g/mol. The van der Waals surface area contributed by atoms with Gasteiger partial charge in [0.25, 0.3) is 0 Å². The lowest BCUT2D eigenvalue weighted by Crippen LogP contribution is -2.43. The molecule has 0 aromatic heterocycles. The third-order valence-electron chi connectivity index (χ3n) is 4.96. The van der Waals surface area contributed by atoms with Gasteiger partial charge in [-0.2, -0.15) is 0 Å². The van der Waals surface area contributed by atoms with Gasteiger partial charge in [-0.1, -0.05) is 18.2 Å². The molecular formula is C22H24BNO5. The van der Waals surface area contributed by atoms with Crippen molar-refractivity contribution in [3.05, 3.63) is 59.4 Å². The molecule has 2 saturated heterocycles. The van der Waals surface area contributed by atoms with Crippen molar-refractivity contribution in [2.24, 2.45) is 0 Å². The van der Waals surface area contributed by atoms with E-state index in [-0.39, 0.29) is 13.4 Å². The SMILES string of the molecule is [C-]#[N+]c1ccc(Oc2ccc(B3OCCCO3)c(COC3CCCCO3)c2)cc1. The van der Waals surface area contributed by atoms with Gasteiger partial charge >= 0.3 is 7.12 Å². The largest absolute Gasteiger partial charge is 0.494 e. The lowest BCUT2D eigenvalue weighted by molar-refractivity contribution is -0.168. The molecule has 6 nitrogen and oxygen atoms in total. The molecule has 0 spiro atoms. The van der Waals surface area contributed by atoms with Gasteiger partial charge in [0.15, 0.2) is 12.0 Å². The summed E-state index contributed by atoms with van der Waals surface area (Å²) in [6.07, 6.45) is 3.85. The van der Waals surface area contributed by atoms with Crippen LogP contribution < -0.4 is 10.2 Å². The zero-order valence-electron chi connectivity index (χ0n) is 16.3. The highest BCUT2D eigenvalue weighted by Crippen LogP contribution is 2.25. The lowest BCUT2D eigenvalue weighted by atomic mass is 9.75. The number of benzene rings is 2. The highest BCUT2D eigenvalue weighted by atomic mass is 16.7. The van der Waals surface area contributed by atoms with Crippen LogP contribution in [0.2, 0.25) is 0 Å². The Hall–Kier alpha value is -2.37. The van der Waals surface area contributed by atoms with Crippen LogP contribution in [-0.4, -0.2) is 33.2 Å². The number of nitrogens with zero attached hydrogens (tertiary/aromatic N) is 1. The van der Waals surface area contributed by atoms with Crippen molar-refractivity contribution in [3.8, 4) is 11.5 Å². The van der Waals surface area contributed by atoms with Gasteiger partial charge < -0.3 is 23.5 Å². The summed E-state index contributed by atoms with van der Waals surface area (Å²) in [4.78, 5) is 3.40. The number of hydrogen-bond acceptors (Lipinski definition) is 5. The Morgan fingerprint density at radius 1 is 0.966 bits per heavy atom. The third-order valence-corrected chi connectivity index (χ3v) is 4.96. The molecule has 0 aliphatic carbocycles. The summed E-state index contributed by atoms with van der Waals surface area (Å²) >= 11 is 0. The van der Waals surface area contributed by atoms with Crippen molar-refractivity contribution in [1.82, 2.24) is 0 Å². The normalized spacial score (nSPS) is 19.6. The molecule has 150 valence electrons. The smallest absolute Gasteiger partial charge is 0.457 e. The topological polar surface area (TPSA) is 50.5 Å². The van der Waals surface area contributed by atoms with Crippen LogP contribution in [0.25, 0.3) is 4.85 Å². The van der Waals surface area contributed by atoms with E-state index in [9.17, 15) is 0 Å². The van der Waals surface area contributed by atoms with Gasteiger partial charge in [0, 0.05) is 19.8 Å². The van der Waals surface area contributed by atoms with Gasteiger partial charge in [0.05, 0.1) is 13.2 Å². The average Bonchev–Trinajstić information content (AvgIpc) is 2.79. The molecule has 0 amide bonds. The number of ether oxygens (including phenoxy) is 3. The predicted molar refractivity (Wildman–Crippen MR) is 110 cm³/mol. The number of rotatable bonds is 6. The minimum Gasteiger partial charge on any atom is -0.457 e. The third kappa shape index (κ3) is 5.37. The van der Waals surface area contributed by atoms with Gasteiger partial charge in [-0.15, -0.1) is 0 Å². The van der Waals surface area contributed by atoms with Crippen molar-refractivity contribution >= 4 is 18.3 Å². The summed E-state index contributed by atoms with van der Waals surface area (Å²) in [5.41, 5.74) is 2.50. The lowest BCUT2D eigenvalue weighted by Gasteiger charge is -2.25. The Kier molecular flexibility index (Phi) is 6.81. The molecule has 2 aromatic carbocycles. The molecular weight excluding hydrogens is 369 g/mol. The van der Waals surface area contributed by atoms with E-state index in [0.29, 0.717) is 37.0 Å². The van der Waals surface area contributed by atoms with Gasteiger partial charge in [0.2, 0.25) is 0 Å². The van der Waals surface area contributed by atoms with E-state index in [1.165, 1.54) is 0 Å². The van der Waals surface area contributed by atoms with E-state index < -0.39 is 0 Å². The first-order valence-electron chi connectivity index (χ1n) is 10.1. The van der Waals surface area contributed by atoms with E-state index in [1.807, 2.05) is 18.2 Å². The van der Waals surface area contributed by atoms with Crippen LogP contribution in [0.4, 0.5) is 5.69 Å². The first-order chi connectivity index (χ1) is 14.3. The van der Waals surface area contributed by atoms with Crippen LogP contribution in [0.1, 0.15) is 31.2 Å². The molecule has 7 heteroatoms. The van der Waals surface area contributed by atoms with Crippen LogP contribution in [0.5, 0.6) is 11.5 Å². The summed E-state index contributed by atoms with van der Waals surface area (Å²) in [5, 5.41) is 0. The highest BCUT2D eigenvalue weighted by Gasteiger charge is 2.28. The molecule has 2 aliphatic heterocycles. The average molecular weight is 393 g/mol. The predicted octanol–water partition coefficient (Wildman–Crippen LogP) is 4.20. The summed E-state index contributed by atoms with van der Waals surface area (Å²) < 4.78 is 29.3. The molecule has 29 heavy (non-hydrogen) atoms. The van der Waals surface area contributed by atoms with Crippen molar-refractivity contribution in [2.45, 2.75) is 38.6 Å². The molecule has 1 atom stereocenters. The second-order valence-corrected chi connectivity index (χ2v) is 7.10. The Bertz CT molecular complexity index is 839. The maximum atomic E-state index is 7.05. The fourth-order valence-corrected chi connectivity index (χ4v) is 3.42. The molecule has 1 unspecified atom stereocenters. The van der Waals surface area contributed by atoms with E-state index in [1.54, 1.807) is 24.3 Å². The van der Waals surface area contributed by atoms with Crippen molar-refractivity contribution < 1.29 is 23.5 Å². The van der Waals surface area contributed by atoms with Crippen LogP contribution in [0.15, 0.2) is 42.5 Å². The van der Waals surface area contributed by atoms with E-state index in [2.05, 4.69) is 4.85 Å². The summed E-state index contributed by atoms with van der Waals surface area (Å²) in [6, 6.07) is 12.9. The van der Waals surface area contributed by atoms with Crippen LogP contribution >= 0.6 is 0 Å². The van der Waals surface area contributed by atoms with E-state index in [0.717, 1.165) is 43.3 Å². The Morgan fingerprint density at radius 2 is 1.76 bits per heavy atom. The van der Waals surface area contributed by atoms with Crippen LogP contribution in [0.3, 0.4) is 0 Å². The van der Waals surface area contributed by atoms with Crippen molar-refractivity contribution in [1.29, 1.82) is 0 Å². The van der Waals surface area contributed by atoms with Crippen molar-refractivity contribution in [3.63, 3.8) is 0 Å². The first kappa shape index (κ1) is 19.9. The van der Waals surface area contributed by atoms with E-state index in [4.69, 9.17) is 30.1 Å². The second kappa shape index (κ2) is 9.90. The van der Waals surface area contributed by atoms with Crippen LogP contribution in [0, 0.1) is 6.57 Å². The Morgan fingerprint density at radius 3 is 2.48 bits per heavy atom. The molecule has 2 aliphatic rings. The fourth-order valence-electron chi connectivity index (χ4n) is 3.42. The maximum Gasteiger partial charge on any atom is 0.494 e. The van der Waals surface area contributed by atoms with Crippen LogP contribution in [-0.2, 0) is 25.4 Å². The Labute approximate surface area is 171 Å². The minimum atomic E-state index is -0.387. The molecule has 0 bridgehead atoms. The summed E-state index contributed by atoms with van der Waals surface area (Å²) in [6.45, 7) is 9.56. The van der Waals surface area contributed by atoms with Gasteiger partial charge in [-0.3, -0.25) is 0 Å². The molecule has 4 rings (SSSR count). The zero-order chi connectivity index (χ0) is 19.9. The molecule has 2 aromatic rings. The maximum absolute atomic E-state index is 7.05. The molecule has 2 fully saturated rings. The van der Waals surface area contributed by atoms with Gasteiger partial charge in [-0.25, -0.2) is 4.85 Å². The van der Waals surface area contributed by atoms with Gasteiger partial charge in [0.1, 0.15) is 11.5 Å². The first-order valence-corrected chi connectivity index (χ1v) is 10.1. The minimum absolute atomic E-state index is 0.171. The zero-order valence-corrected chi connectivity index (χ0v) is 16.3. The van der Waals surface area contributed by atoms with Crippen molar-refractivity contribution in [2.75, 3.05) is 19.8 Å². The number of hydrogen-bond donors (Lipinski definition) is 0. The molecule has 2 heterocycles. The highest BCUT2D eigenvalue weighted by molar-refractivity contribution is 6.62. The summed E-state index contributed by atoms with van der Waals surface area (Å²) in [5.74, 6) is 1.38. The molecule has 0 radical (unpaired) electrons. The molecule has 0 saturated carbocycles.